The number of piperidine rings is 1. The normalized spacial score (nSPS) is 28.0. The Labute approximate surface area is 84.6 Å². The SMILES string of the molecule is O=C(CC1CCCNC1)N1CCCO1. The molecule has 2 fully saturated rings. The lowest BCUT2D eigenvalue weighted by atomic mass is 9.96. The molecule has 4 heteroatoms. The summed E-state index contributed by atoms with van der Waals surface area (Å²) in [5.41, 5.74) is 0. The molecule has 0 aliphatic carbocycles. The molecular weight excluding hydrogens is 180 g/mol. The molecule has 0 bridgehead atoms. The smallest absolute Gasteiger partial charge is 0.246 e. The second-order valence-electron chi connectivity index (χ2n) is 4.10. The van der Waals surface area contributed by atoms with Crippen molar-refractivity contribution >= 4 is 5.91 Å². The Kier molecular flexibility index (Phi) is 3.37. The van der Waals surface area contributed by atoms with Crippen LogP contribution in [0.15, 0.2) is 0 Å². The van der Waals surface area contributed by atoms with Gasteiger partial charge in [-0.1, -0.05) is 0 Å². The molecule has 2 heterocycles. The number of nitrogens with one attached hydrogen (secondary N) is 1. The molecule has 80 valence electrons. The first-order valence-corrected chi connectivity index (χ1v) is 5.50. The van der Waals surface area contributed by atoms with Gasteiger partial charge >= 0.3 is 0 Å². The van der Waals surface area contributed by atoms with Crippen LogP contribution < -0.4 is 5.32 Å². The first-order chi connectivity index (χ1) is 6.86. The van der Waals surface area contributed by atoms with Crippen LogP contribution in [-0.2, 0) is 9.63 Å². The van der Waals surface area contributed by atoms with Crippen molar-refractivity contribution in [1.29, 1.82) is 0 Å². The zero-order valence-corrected chi connectivity index (χ0v) is 8.50. The Morgan fingerprint density at radius 3 is 3.07 bits per heavy atom. The fraction of sp³-hybridized carbons (Fsp3) is 0.900. The Morgan fingerprint density at radius 2 is 2.43 bits per heavy atom. The highest BCUT2D eigenvalue weighted by Crippen LogP contribution is 2.17. The van der Waals surface area contributed by atoms with E-state index in [1.165, 1.54) is 17.9 Å². The van der Waals surface area contributed by atoms with E-state index in [-0.39, 0.29) is 5.91 Å². The van der Waals surface area contributed by atoms with Crippen LogP contribution in [0, 0.1) is 5.92 Å². The summed E-state index contributed by atoms with van der Waals surface area (Å²) in [6.07, 6.45) is 3.99. The summed E-state index contributed by atoms with van der Waals surface area (Å²) in [4.78, 5) is 16.9. The topological polar surface area (TPSA) is 41.6 Å². The van der Waals surface area contributed by atoms with Crippen LogP contribution in [0.1, 0.15) is 25.7 Å². The van der Waals surface area contributed by atoms with Gasteiger partial charge in [-0.2, -0.15) is 0 Å². The fourth-order valence-electron chi connectivity index (χ4n) is 2.09. The first kappa shape index (κ1) is 9.93. The largest absolute Gasteiger partial charge is 0.316 e. The number of hydrogen-bond donors (Lipinski definition) is 1. The van der Waals surface area contributed by atoms with Crippen LogP contribution in [0.25, 0.3) is 0 Å². The van der Waals surface area contributed by atoms with E-state index in [4.69, 9.17) is 4.84 Å². The average molecular weight is 198 g/mol. The molecule has 2 aliphatic heterocycles. The molecule has 0 aromatic rings. The molecule has 2 aliphatic rings. The third kappa shape index (κ3) is 2.45. The summed E-state index contributed by atoms with van der Waals surface area (Å²) < 4.78 is 0. The molecule has 14 heavy (non-hydrogen) atoms. The van der Waals surface area contributed by atoms with Crippen LogP contribution in [-0.4, -0.2) is 37.2 Å². The highest BCUT2D eigenvalue weighted by Gasteiger charge is 2.23. The van der Waals surface area contributed by atoms with Gasteiger partial charge in [-0.3, -0.25) is 9.63 Å². The van der Waals surface area contributed by atoms with Crippen molar-refractivity contribution in [3.63, 3.8) is 0 Å². The third-order valence-electron chi connectivity index (χ3n) is 2.89. The van der Waals surface area contributed by atoms with Crippen LogP contribution in [0.4, 0.5) is 0 Å². The number of carbonyl (C=O) groups excluding carboxylic acids is 1. The Bertz CT molecular complexity index is 196. The van der Waals surface area contributed by atoms with Crippen LogP contribution in [0.5, 0.6) is 0 Å². The van der Waals surface area contributed by atoms with E-state index < -0.39 is 0 Å². The summed E-state index contributed by atoms with van der Waals surface area (Å²) in [6.45, 7) is 3.57. The molecule has 2 saturated heterocycles. The monoisotopic (exact) mass is 198 g/mol. The molecule has 4 nitrogen and oxygen atoms in total. The Morgan fingerprint density at radius 1 is 1.50 bits per heavy atom. The van der Waals surface area contributed by atoms with Crippen LogP contribution >= 0.6 is 0 Å². The van der Waals surface area contributed by atoms with Gasteiger partial charge in [0.15, 0.2) is 0 Å². The van der Waals surface area contributed by atoms with Gasteiger partial charge < -0.3 is 5.32 Å². The lowest BCUT2D eigenvalue weighted by molar-refractivity contribution is -0.169. The quantitative estimate of drug-likeness (QED) is 0.704. The molecule has 1 N–H and O–H groups in total. The minimum Gasteiger partial charge on any atom is -0.316 e. The maximum absolute atomic E-state index is 11.7. The van der Waals surface area contributed by atoms with E-state index in [1.54, 1.807) is 0 Å². The van der Waals surface area contributed by atoms with Crippen molar-refractivity contribution in [2.45, 2.75) is 25.7 Å². The molecular formula is C10H18N2O2. The summed E-state index contributed by atoms with van der Waals surface area (Å²) in [5, 5.41) is 4.86. The van der Waals surface area contributed by atoms with E-state index in [0.29, 0.717) is 18.9 Å². The van der Waals surface area contributed by atoms with E-state index in [1.807, 2.05) is 0 Å². The van der Waals surface area contributed by atoms with Crippen LogP contribution in [0.3, 0.4) is 0 Å². The second kappa shape index (κ2) is 4.75. The van der Waals surface area contributed by atoms with Gasteiger partial charge in [0, 0.05) is 6.42 Å². The second-order valence-corrected chi connectivity index (χ2v) is 4.10. The maximum Gasteiger partial charge on any atom is 0.246 e. The predicted molar refractivity (Wildman–Crippen MR) is 52.5 cm³/mol. The number of hydrogen-bond acceptors (Lipinski definition) is 3. The lowest BCUT2D eigenvalue weighted by Crippen LogP contribution is -2.35. The highest BCUT2D eigenvalue weighted by molar-refractivity contribution is 5.75. The molecule has 2 rings (SSSR count). The number of amides is 1. The van der Waals surface area contributed by atoms with Gasteiger partial charge in [-0.15, -0.1) is 0 Å². The number of hydroxylamine groups is 2. The molecule has 0 saturated carbocycles. The first-order valence-electron chi connectivity index (χ1n) is 5.50. The number of nitrogens with zero attached hydrogens (tertiary/aromatic N) is 1. The summed E-state index contributed by atoms with van der Waals surface area (Å²) in [6, 6.07) is 0. The van der Waals surface area contributed by atoms with Crippen molar-refractivity contribution in [1.82, 2.24) is 10.4 Å². The molecule has 0 aromatic carbocycles. The molecule has 1 atom stereocenters. The van der Waals surface area contributed by atoms with E-state index in [0.717, 1.165) is 26.1 Å². The minimum atomic E-state index is 0.163. The Balaban J connectivity index is 1.75. The van der Waals surface area contributed by atoms with Crippen molar-refractivity contribution in [2.24, 2.45) is 5.92 Å². The fourth-order valence-corrected chi connectivity index (χ4v) is 2.09. The third-order valence-corrected chi connectivity index (χ3v) is 2.89. The van der Waals surface area contributed by atoms with Gasteiger partial charge in [-0.05, 0) is 38.3 Å². The van der Waals surface area contributed by atoms with E-state index in [2.05, 4.69) is 5.32 Å². The lowest BCUT2D eigenvalue weighted by Gasteiger charge is -2.23. The molecule has 0 aromatic heterocycles. The van der Waals surface area contributed by atoms with Gasteiger partial charge in [0.1, 0.15) is 0 Å². The molecule has 0 radical (unpaired) electrons. The molecule has 1 unspecified atom stereocenters. The van der Waals surface area contributed by atoms with E-state index in [9.17, 15) is 4.79 Å². The Hall–Kier alpha value is -0.610. The molecule has 0 spiro atoms. The van der Waals surface area contributed by atoms with Gasteiger partial charge in [0.25, 0.3) is 0 Å². The zero-order valence-electron chi connectivity index (χ0n) is 8.50. The van der Waals surface area contributed by atoms with Gasteiger partial charge in [0.05, 0.1) is 13.2 Å². The summed E-state index contributed by atoms with van der Waals surface area (Å²) >= 11 is 0. The highest BCUT2D eigenvalue weighted by atomic mass is 16.7. The van der Waals surface area contributed by atoms with E-state index >= 15 is 0 Å². The van der Waals surface area contributed by atoms with Crippen molar-refractivity contribution in [2.75, 3.05) is 26.2 Å². The van der Waals surface area contributed by atoms with Crippen molar-refractivity contribution in [3.05, 3.63) is 0 Å². The van der Waals surface area contributed by atoms with Gasteiger partial charge in [0.2, 0.25) is 5.91 Å². The van der Waals surface area contributed by atoms with Gasteiger partial charge in [-0.25, -0.2) is 5.06 Å². The van der Waals surface area contributed by atoms with Crippen molar-refractivity contribution in [3.8, 4) is 0 Å². The average Bonchev–Trinajstić information content (AvgIpc) is 2.72. The number of rotatable bonds is 2. The summed E-state index contributed by atoms with van der Waals surface area (Å²) in [5.74, 6) is 0.677. The zero-order chi connectivity index (χ0) is 9.80. The molecule has 1 amide bonds. The van der Waals surface area contributed by atoms with Crippen molar-refractivity contribution < 1.29 is 9.63 Å². The minimum absolute atomic E-state index is 0.163. The number of carbonyl (C=O) groups is 1. The standard InChI is InChI=1S/C10H18N2O2/c13-10(12-5-2-6-14-12)7-9-3-1-4-11-8-9/h9,11H,1-8H2. The van der Waals surface area contributed by atoms with Crippen LogP contribution in [0.2, 0.25) is 0 Å². The maximum atomic E-state index is 11.7. The predicted octanol–water partition coefficient (Wildman–Crippen LogP) is 0.540. The summed E-state index contributed by atoms with van der Waals surface area (Å²) in [7, 11) is 0.